The van der Waals surface area contributed by atoms with Crippen LogP contribution in [0.25, 0.3) is 0 Å². The summed E-state index contributed by atoms with van der Waals surface area (Å²) in [6.07, 6.45) is 5.65. The van der Waals surface area contributed by atoms with Gasteiger partial charge in [-0.1, -0.05) is 22.9 Å². The third kappa shape index (κ3) is 4.27. The molecule has 1 aromatic carbocycles. The van der Waals surface area contributed by atoms with Gasteiger partial charge in [0.2, 0.25) is 0 Å². The van der Waals surface area contributed by atoms with Crippen molar-refractivity contribution < 1.29 is 4.39 Å². The summed E-state index contributed by atoms with van der Waals surface area (Å²) >= 11 is 3.53. The van der Waals surface area contributed by atoms with Crippen LogP contribution >= 0.6 is 15.9 Å². The molecule has 0 heterocycles. The molecule has 1 fully saturated rings. The molecule has 0 radical (unpaired) electrons. The van der Waals surface area contributed by atoms with E-state index in [1.54, 1.807) is 12.1 Å². The Morgan fingerprint density at radius 3 is 2.65 bits per heavy atom. The summed E-state index contributed by atoms with van der Waals surface area (Å²) in [7, 11) is 0. The van der Waals surface area contributed by atoms with Gasteiger partial charge < -0.3 is 5.73 Å². The summed E-state index contributed by atoms with van der Waals surface area (Å²) in [5.74, 6) is -0.162. The van der Waals surface area contributed by atoms with Crippen LogP contribution in [0.5, 0.6) is 0 Å². The van der Waals surface area contributed by atoms with Crippen molar-refractivity contribution in [2.45, 2.75) is 57.7 Å². The van der Waals surface area contributed by atoms with E-state index < -0.39 is 0 Å². The number of nitrogens with two attached hydrogens (primary N) is 1. The lowest BCUT2D eigenvalue weighted by Gasteiger charge is -2.36. The topological polar surface area (TPSA) is 29.3 Å². The molecule has 0 saturated heterocycles. The zero-order valence-corrected chi connectivity index (χ0v) is 13.7. The highest BCUT2D eigenvalue weighted by atomic mass is 79.9. The molecular formula is C16H24BrFN2. The maximum absolute atomic E-state index is 13.4. The summed E-state index contributed by atoms with van der Waals surface area (Å²) in [5.41, 5.74) is 7.03. The number of benzene rings is 1. The van der Waals surface area contributed by atoms with Crippen molar-refractivity contribution in [3.63, 3.8) is 0 Å². The summed E-state index contributed by atoms with van der Waals surface area (Å²) < 4.78 is 14.4. The molecule has 1 saturated carbocycles. The second-order valence-corrected chi connectivity index (χ2v) is 6.63. The van der Waals surface area contributed by atoms with Crippen LogP contribution in [-0.4, -0.2) is 23.5 Å². The SMILES string of the molecule is CCCN(Cc1cc(F)ccc1Br)C1CCC(N)CC1. The van der Waals surface area contributed by atoms with Gasteiger partial charge in [0.1, 0.15) is 5.82 Å². The molecule has 0 atom stereocenters. The molecule has 2 N–H and O–H groups in total. The fourth-order valence-electron chi connectivity index (χ4n) is 3.03. The molecule has 0 unspecified atom stereocenters. The first-order valence-electron chi connectivity index (χ1n) is 7.53. The minimum absolute atomic E-state index is 0.162. The number of halogens is 2. The fourth-order valence-corrected chi connectivity index (χ4v) is 3.40. The van der Waals surface area contributed by atoms with Gasteiger partial charge in [0, 0.05) is 23.1 Å². The molecule has 0 aliphatic heterocycles. The van der Waals surface area contributed by atoms with E-state index in [0.29, 0.717) is 12.1 Å². The number of nitrogens with zero attached hydrogens (tertiary/aromatic N) is 1. The highest BCUT2D eigenvalue weighted by molar-refractivity contribution is 9.10. The monoisotopic (exact) mass is 342 g/mol. The molecule has 1 aliphatic carbocycles. The van der Waals surface area contributed by atoms with Crippen molar-refractivity contribution in [2.24, 2.45) is 5.73 Å². The smallest absolute Gasteiger partial charge is 0.123 e. The summed E-state index contributed by atoms with van der Waals surface area (Å²) in [6.45, 7) is 4.07. The molecule has 4 heteroatoms. The molecule has 112 valence electrons. The van der Waals surface area contributed by atoms with Gasteiger partial charge in [-0.05, 0) is 62.4 Å². The van der Waals surface area contributed by atoms with E-state index >= 15 is 0 Å². The van der Waals surface area contributed by atoms with E-state index in [0.717, 1.165) is 55.2 Å². The standard InChI is InChI=1S/C16H24BrFN2/c1-2-9-20(15-6-4-14(19)5-7-15)11-12-10-13(18)3-8-16(12)17/h3,8,10,14-15H,2,4-7,9,11,19H2,1H3. The highest BCUT2D eigenvalue weighted by Gasteiger charge is 2.24. The maximum atomic E-state index is 13.4. The van der Waals surface area contributed by atoms with Crippen LogP contribution in [0.1, 0.15) is 44.6 Å². The molecule has 0 amide bonds. The first kappa shape index (κ1) is 15.9. The first-order valence-corrected chi connectivity index (χ1v) is 8.33. The number of rotatable bonds is 5. The minimum atomic E-state index is -0.162. The summed E-state index contributed by atoms with van der Waals surface area (Å²) in [6, 6.07) is 5.89. The van der Waals surface area contributed by atoms with E-state index in [1.165, 1.54) is 6.07 Å². The normalized spacial score (nSPS) is 23.2. The summed E-state index contributed by atoms with van der Waals surface area (Å²) in [4.78, 5) is 2.49. The molecule has 0 spiro atoms. The van der Waals surface area contributed by atoms with Gasteiger partial charge in [0.25, 0.3) is 0 Å². The van der Waals surface area contributed by atoms with Crippen LogP contribution in [0.15, 0.2) is 22.7 Å². The van der Waals surface area contributed by atoms with Gasteiger partial charge in [-0.2, -0.15) is 0 Å². The first-order chi connectivity index (χ1) is 9.60. The van der Waals surface area contributed by atoms with E-state index in [-0.39, 0.29) is 5.82 Å². The van der Waals surface area contributed by atoms with Crippen molar-refractivity contribution >= 4 is 15.9 Å². The van der Waals surface area contributed by atoms with Crippen molar-refractivity contribution in [2.75, 3.05) is 6.54 Å². The van der Waals surface area contributed by atoms with Gasteiger partial charge in [0.15, 0.2) is 0 Å². The lowest BCUT2D eigenvalue weighted by atomic mass is 9.90. The van der Waals surface area contributed by atoms with E-state index in [9.17, 15) is 4.39 Å². The van der Waals surface area contributed by atoms with Crippen molar-refractivity contribution in [1.82, 2.24) is 4.90 Å². The molecule has 20 heavy (non-hydrogen) atoms. The average Bonchev–Trinajstić information content (AvgIpc) is 2.43. The van der Waals surface area contributed by atoms with Gasteiger partial charge in [0.05, 0.1) is 0 Å². The molecule has 0 aromatic heterocycles. The van der Waals surface area contributed by atoms with Gasteiger partial charge in [-0.25, -0.2) is 4.39 Å². The molecule has 1 aliphatic rings. The predicted octanol–water partition coefficient (Wildman–Crippen LogP) is 4.07. The molecule has 2 rings (SSSR count). The largest absolute Gasteiger partial charge is 0.328 e. The van der Waals surface area contributed by atoms with Gasteiger partial charge in [-0.3, -0.25) is 4.90 Å². The lowest BCUT2D eigenvalue weighted by Crippen LogP contribution is -2.41. The Morgan fingerprint density at radius 1 is 1.30 bits per heavy atom. The zero-order chi connectivity index (χ0) is 14.5. The van der Waals surface area contributed by atoms with Crippen LogP contribution in [-0.2, 0) is 6.54 Å². The molecule has 2 nitrogen and oxygen atoms in total. The Morgan fingerprint density at radius 2 is 2.00 bits per heavy atom. The molecule has 1 aromatic rings. The van der Waals surface area contributed by atoms with Crippen LogP contribution in [0, 0.1) is 5.82 Å². The maximum Gasteiger partial charge on any atom is 0.123 e. The fraction of sp³-hybridized carbons (Fsp3) is 0.625. The Bertz CT molecular complexity index is 430. The van der Waals surface area contributed by atoms with Crippen molar-refractivity contribution in [3.8, 4) is 0 Å². The second kappa shape index (κ2) is 7.53. The van der Waals surface area contributed by atoms with Gasteiger partial charge >= 0.3 is 0 Å². The van der Waals surface area contributed by atoms with Crippen LogP contribution in [0.3, 0.4) is 0 Å². The highest BCUT2D eigenvalue weighted by Crippen LogP contribution is 2.26. The third-order valence-corrected chi connectivity index (χ3v) is 4.92. The predicted molar refractivity (Wildman–Crippen MR) is 85.0 cm³/mol. The van der Waals surface area contributed by atoms with E-state index in [2.05, 4.69) is 27.8 Å². The minimum Gasteiger partial charge on any atom is -0.328 e. The van der Waals surface area contributed by atoms with Crippen LogP contribution in [0.4, 0.5) is 4.39 Å². The molecule has 0 bridgehead atoms. The Hall–Kier alpha value is -0.450. The lowest BCUT2D eigenvalue weighted by molar-refractivity contribution is 0.141. The van der Waals surface area contributed by atoms with Crippen LogP contribution in [0.2, 0.25) is 0 Å². The van der Waals surface area contributed by atoms with Crippen LogP contribution < -0.4 is 5.73 Å². The quantitative estimate of drug-likeness (QED) is 0.873. The zero-order valence-electron chi connectivity index (χ0n) is 12.1. The van der Waals surface area contributed by atoms with E-state index in [1.807, 2.05) is 0 Å². The average molecular weight is 343 g/mol. The summed E-state index contributed by atoms with van der Waals surface area (Å²) in [5, 5.41) is 0. The second-order valence-electron chi connectivity index (χ2n) is 5.77. The molecular weight excluding hydrogens is 319 g/mol. The number of hydrogen-bond donors (Lipinski definition) is 1. The third-order valence-electron chi connectivity index (χ3n) is 4.15. The Labute approximate surface area is 129 Å². The van der Waals surface area contributed by atoms with Crippen molar-refractivity contribution in [3.05, 3.63) is 34.1 Å². The Kier molecular flexibility index (Phi) is 6.00. The van der Waals surface area contributed by atoms with Crippen molar-refractivity contribution in [1.29, 1.82) is 0 Å². The van der Waals surface area contributed by atoms with Gasteiger partial charge in [-0.15, -0.1) is 0 Å². The number of hydrogen-bond acceptors (Lipinski definition) is 2. The Balaban J connectivity index is 2.06. The van der Waals surface area contributed by atoms with E-state index in [4.69, 9.17) is 5.73 Å².